The van der Waals surface area contributed by atoms with Crippen LogP contribution in [-0.4, -0.2) is 27.5 Å². The molecule has 2 N–H and O–H groups in total. The first-order chi connectivity index (χ1) is 13.5. The Morgan fingerprint density at radius 3 is 2.66 bits per heavy atom. The number of phenols is 1. The van der Waals surface area contributed by atoms with Crippen molar-refractivity contribution in [3.05, 3.63) is 45.6 Å². The standard InChI is InChI=1S/C23H22O6/c1-22(2)8-7-11-16(29-22)10-13(24)19-20(25)18-12-9-17(23(3,4)26)27-14(12)5-6-15(18)28-21(11)19/h5-8,10,17,24,26H,9H2,1-4H3. The van der Waals surface area contributed by atoms with Crippen molar-refractivity contribution in [2.75, 3.05) is 0 Å². The number of benzene rings is 2. The summed E-state index contributed by atoms with van der Waals surface area (Å²) in [4.78, 5) is 13.4. The van der Waals surface area contributed by atoms with Crippen LogP contribution in [0.2, 0.25) is 0 Å². The smallest absolute Gasteiger partial charge is 0.204 e. The predicted molar refractivity (Wildman–Crippen MR) is 110 cm³/mol. The molecule has 0 spiro atoms. The van der Waals surface area contributed by atoms with Crippen molar-refractivity contribution in [3.63, 3.8) is 0 Å². The summed E-state index contributed by atoms with van der Waals surface area (Å²) >= 11 is 0. The maximum atomic E-state index is 13.4. The molecule has 0 saturated heterocycles. The van der Waals surface area contributed by atoms with Crippen LogP contribution in [0.1, 0.15) is 38.8 Å². The summed E-state index contributed by atoms with van der Waals surface area (Å²) in [5.74, 6) is 0.839. The van der Waals surface area contributed by atoms with Gasteiger partial charge in [-0.3, -0.25) is 4.79 Å². The normalized spacial score (nSPS) is 19.7. The minimum Gasteiger partial charge on any atom is -0.507 e. The summed E-state index contributed by atoms with van der Waals surface area (Å²) < 4.78 is 17.9. The summed E-state index contributed by atoms with van der Waals surface area (Å²) in [6.45, 7) is 7.17. The predicted octanol–water partition coefficient (Wildman–Crippen LogP) is 3.91. The lowest BCUT2D eigenvalue weighted by Gasteiger charge is -2.28. The number of phenolic OH excluding ortho intramolecular Hbond substituents is 1. The van der Waals surface area contributed by atoms with Gasteiger partial charge in [0.15, 0.2) is 5.58 Å². The van der Waals surface area contributed by atoms with Gasteiger partial charge >= 0.3 is 0 Å². The maximum absolute atomic E-state index is 13.4. The molecule has 3 aromatic rings. The molecule has 5 rings (SSSR count). The van der Waals surface area contributed by atoms with Crippen molar-refractivity contribution in [1.82, 2.24) is 0 Å². The Morgan fingerprint density at radius 2 is 1.93 bits per heavy atom. The molecule has 2 aliphatic heterocycles. The summed E-state index contributed by atoms with van der Waals surface area (Å²) in [5, 5.41) is 21.5. The van der Waals surface area contributed by atoms with E-state index in [4.69, 9.17) is 13.9 Å². The van der Waals surface area contributed by atoms with Gasteiger partial charge in [-0.2, -0.15) is 0 Å². The van der Waals surface area contributed by atoms with Gasteiger partial charge < -0.3 is 24.1 Å². The number of hydrogen-bond donors (Lipinski definition) is 2. The van der Waals surface area contributed by atoms with Crippen molar-refractivity contribution in [3.8, 4) is 17.2 Å². The highest BCUT2D eigenvalue weighted by Gasteiger charge is 2.37. The Kier molecular flexibility index (Phi) is 3.45. The third kappa shape index (κ3) is 2.63. The molecule has 0 radical (unpaired) electrons. The van der Waals surface area contributed by atoms with Crippen LogP contribution in [-0.2, 0) is 6.42 Å². The highest BCUT2D eigenvalue weighted by molar-refractivity contribution is 6.00. The van der Waals surface area contributed by atoms with E-state index in [-0.39, 0.29) is 16.6 Å². The number of ether oxygens (including phenoxy) is 2. The van der Waals surface area contributed by atoms with Crippen LogP contribution in [0.5, 0.6) is 17.2 Å². The zero-order valence-electron chi connectivity index (χ0n) is 16.7. The molecule has 0 saturated carbocycles. The molecule has 1 unspecified atom stereocenters. The molecule has 2 aromatic carbocycles. The van der Waals surface area contributed by atoms with E-state index in [1.54, 1.807) is 26.0 Å². The number of hydrogen-bond acceptors (Lipinski definition) is 6. The Balaban J connectivity index is 1.81. The zero-order valence-corrected chi connectivity index (χ0v) is 16.7. The quantitative estimate of drug-likeness (QED) is 0.609. The Bertz CT molecular complexity index is 1270. The molecule has 3 heterocycles. The Labute approximate surface area is 167 Å². The summed E-state index contributed by atoms with van der Waals surface area (Å²) in [7, 11) is 0. The second-order valence-electron chi connectivity index (χ2n) is 8.86. The van der Waals surface area contributed by atoms with Crippen LogP contribution < -0.4 is 14.9 Å². The van der Waals surface area contributed by atoms with Crippen molar-refractivity contribution in [1.29, 1.82) is 0 Å². The molecule has 29 heavy (non-hydrogen) atoms. The molecule has 1 atom stereocenters. The Hall–Kier alpha value is -2.99. The minimum atomic E-state index is -1.06. The third-order valence-corrected chi connectivity index (χ3v) is 5.63. The van der Waals surface area contributed by atoms with E-state index in [0.717, 1.165) is 0 Å². The molecule has 0 amide bonds. The van der Waals surface area contributed by atoms with Gasteiger partial charge in [-0.15, -0.1) is 0 Å². The van der Waals surface area contributed by atoms with Gasteiger partial charge in [0.1, 0.15) is 39.9 Å². The second-order valence-corrected chi connectivity index (χ2v) is 8.86. The van der Waals surface area contributed by atoms with Crippen LogP contribution in [0.4, 0.5) is 0 Å². The molecule has 0 aliphatic carbocycles. The van der Waals surface area contributed by atoms with E-state index in [1.807, 2.05) is 26.0 Å². The van der Waals surface area contributed by atoms with E-state index in [9.17, 15) is 15.0 Å². The lowest BCUT2D eigenvalue weighted by Crippen LogP contribution is -2.39. The van der Waals surface area contributed by atoms with Gasteiger partial charge in [-0.1, -0.05) is 0 Å². The fraction of sp³-hybridized carbons (Fsp3) is 0.348. The maximum Gasteiger partial charge on any atom is 0.204 e. The summed E-state index contributed by atoms with van der Waals surface area (Å²) in [6, 6.07) is 4.91. The summed E-state index contributed by atoms with van der Waals surface area (Å²) in [5.41, 5.74) is 0.121. The van der Waals surface area contributed by atoms with Crippen LogP contribution >= 0.6 is 0 Å². The van der Waals surface area contributed by atoms with Crippen molar-refractivity contribution < 1.29 is 24.1 Å². The van der Waals surface area contributed by atoms with E-state index < -0.39 is 17.3 Å². The second kappa shape index (κ2) is 5.54. The van der Waals surface area contributed by atoms with Gasteiger partial charge in [-0.25, -0.2) is 0 Å². The fourth-order valence-electron chi connectivity index (χ4n) is 4.07. The highest BCUT2D eigenvalue weighted by Crippen LogP contribution is 2.42. The molecule has 0 fully saturated rings. The fourth-order valence-corrected chi connectivity index (χ4v) is 4.07. The molecule has 6 heteroatoms. The first-order valence-electron chi connectivity index (χ1n) is 9.61. The zero-order chi connectivity index (χ0) is 20.7. The first-order valence-corrected chi connectivity index (χ1v) is 9.61. The number of aromatic hydroxyl groups is 1. The largest absolute Gasteiger partial charge is 0.507 e. The molecule has 1 aromatic heterocycles. The SMILES string of the molecule is CC1(C)C=Cc2c(cc(O)c3c(=O)c4c5c(ccc4oc23)OC(C(C)(C)O)C5)O1. The van der Waals surface area contributed by atoms with Gasteiger partial charge in [0.25, 0.3) is 0 Å². The van der Waals surface area contributed by atoms with Crippen LogP contribution in [0, 0.1) is 0 Å². The monoisotopic (exact) mass is 394 g/mol. The first kappa shape index (κ1) is 18.1. The van der Waals surface area contributed by atoms with E-state index in [2.05, 4.69) is 0 Å². The van der Waals surface area contributed by atoms with Crippen LogP contribution in [0.25, 0.3) is 28.0 Å². The summed E-state index contributed by atoms with van der Waals surface area (Å²) in [6.07, 6.45) is 3.67. The third-order valence-electron chi connectivity index (χ3n) is 5.63. The molecule has 6 nitrogen and oxygen atoms in total. The van der Waals surface area contributed by atoms with Gasteiger partial charge in [0.2, 0.25) is 5.43 Å². The van der Waals surface area contributed by atoms with E-state index in [1.165, 1.54) is 6.07 Å². The lowest BCUT2D eigenvalue weighted by molar-refractivity contribution is -0.0229. The minimum absolute atomic E-state index is 0.115. The molecule has 0 bridgehead atoms. The van der Waals surface area contributed by atoms with E-state index >= 15 is 0 Å². The van der Waals surface area contributed by atoms with Gasteiger partial charge in [-0.05, 0) is 52.0 Å². The molecule has 2 aliphatic rings. The highest BCUT2D eigenvalue weighted by atomic mass is 16.5. The van der Waals surface area contributed by atoms with Crippen LogP contribution in [0.3, 0.4) is 0 Å². The number of fused-ring (bicyclic) bond motifs is 6. The van der Waals surface area contributed by atoms with Crippen LogP contribution in [0.15, 0.2) is 33.5 Å². The van der Waals surface area contributed by atoms with Gasteiger partial charge in [0.05, 0.1) is 16.6 Å². The Morgan fingerprint density at radius 1 is 1.17 bits per heavy atom. The van der Waals surface area contributed by atoms with E-state index in [0.29, 0.717) is 45.6 Å². The van der Waals surface area contributed by atoms with Crippen molar-refractivity contribution in [2.45, 2.75) is 51.4 Å². The average molecular weight is 394 g/mol. The lowest BCUT2D eigenvalue weighted by atomic mass is 9.94. The molecular formula is C23H22O6. The number of aliphatic hydroxyl groups is 1. The van der Waals surface area contributed by atoms with Crippen molar-refractivity contribution in [2.24, 2.45) is 0 Å². The molecule has 150 valence electrons. The molecular weight excluding hydrogens is 372 g/mol. The number of rotatable bonds is 1. The topological polar surface area (TPSA) is 89.1 Å². The van der Waals surface area contributed by atoms with Crippen molar-refractivity contribution >= 4 is 28.0 Å². The average Bonchev–Trinajstić information content (AvgIpc) is 3.04. The van der Waals surface area contributed by atoms with Gasteiger partial charge in [0, 0.05) is 18.1 Å².